The van der Waals surface area contributed by atoms with Crippen LogP contribution in [0.5, 0.6) is 0 Å². The third-order valence-electron chi connectivity index (χ3n) is 13.8. The number of nitrogens with one attached hydrogen (secondary N) is 4. The number of benzene rings is 4. The molecule has 19 nitrogen and oxygen atoms in total. The van der Waals surface area contributed by atoms with Gasteiger partial charge >= 0.3 is 6.09 Å². The Bertz CT molecular complexity index is 2940. The number of carbonyl (C=O) groups is 6. The van der Waals surface area contributed by atoms with Gasteiger partial charge in [0.05, 0.1) is 51.8 Å². The van der Waals surface area contributed by atoms with Crippen molar-refractivity contribution in [2.24, 2.45) is 5.92 Å². The molecular formula is C54H56F2N10O9. The fourth-order valence-corrected chi connectivity index (χ4v) is 10.0. The summed E-state index contributed by atoms with van der Waals surface area (Å²) in [5.41, 5.74) is 9.17. The molecule has 0 bridgehead atoms. The van der Waals surface area contributed by atoms with Crippen molar-refractivity contribution < 1.29 is 51.8 Å². The summed E-state index contributed by atoms with van der Waals surface area (Å²) in [4.78, 5) is 79.3. The van der Waals surface area contributed by atoms with E-state index >= 15 is 0 Å². The summed E-state index contributed by atoms with van der Waals surface area (Å²) < 4.78 is 46.2. The van der Waals surface area contributed by atoms with Crippen molar-refractivity contribution in [3.05, 3.63) is 131 Å². The standard InChI is InChI=1S/C54H56F2N10O9/c55-54(56)26-39(27-57)66(33-54)52(71)46-24-38(51(70)61-46)25-49(68)64-28-36-6-5-7-37(44(36)30-64)29-65-31-47(62-63-65)34-12-14-35(15-13-34)50(69)59-18-17-58-48(67)16-20-73-22-23-74-21-19-60-53(72)75-32-45-42-10-3-1-8-40(42)41-9-2-4-11-43(41)45/h1-15,31,38-39,45-46H,16-26,28-30,32-33H2,(H,58,67)(H,59,69)(H,60,72)(H,61,70)/t38-,39-,46-/m0/s1. The highest BCUT2D eigenvalue weighted by Crippen LogP contribution is 2.44. The molecule has 0 spiro atoms. The Kier molecular flexibility index (Phi) is 16.2. The highest BCUT2D eigenvalue weighted by Gasteiger charge is 2.50. The van der Waals surface area contributed by atoms with Gasteiger partial charge in [0.2, 0.25) is 23.6 Å². The van der Waals surface area contributed by atoms with Crippen molar-refractivity contribution >= 4 is 35.6 Å². The third kappa shape index (κ3) is 12.5. The molecule has 0 unspecified atom stereocenters. The second-order valence-electron chi connectivity index (χ2n) is 18.9. The normalized spacial score (nSPS) is 18.1. The van der Waals surface area contributed by atoms with Gasteiger partial charge in [-0.25, -0.2) is 18.3 Å². The van der Waals surface area contributed by atoms with E-state index in [0.29, 0.717) is 30.9 Å². The first-order valence-electron chi connectivity index (χ1n) is 24.9. The Morgan fingerprint density at radius 3 is 2.29 bits per heavy atom. The molecule has 0 radical (unpaired) electrons. The second kappa shape index (κ2) is 23.4. The van der Waals surface area contributed by atoms with Gasteiger partial charge in [0.1, 0.15) is 24.4 Å². The Morgan fingerprint density at radius 2 is 1.55 bits per heavy atom. The fourth-order valence-electron chi connectivity index (χ4n) is 10.0. The Labute approximate surface area is 430 Å². The number of hydrogen-bond donors (Lipinski definition) is 4. The van der Waals surface area contributed by atoms with Crippen LogP contribution in [0.2, 0.25) is 0 Å². The predicted octanol–water partition coefficient (Wildman–Crippen LogP) is 4.30. The van der Waals surface area contributed by atoms with Crippen LogP contribution in [0.15, 0.2) is 97.2 Å². The van der Waals surface area contributed by atoms with Gasteiger partial charge in [0.15, 0.2) is 0 Å². The lowest BCUT2D eigenvalue weighted by atomic mass is 9.98. The first kappa shape index (κ1) is 51.8. The maximum absolute atomic E-state index is 14.0. The number of fused-ring (bicyclic) bond motifs is 4. The van der Waals surface area contributed by atoms with Crippen LogP contribution in [0.1, 0.15) is 69.8 Å². The van der Waals surface area contributed by atoms with Crippen molar-refractivity contribution in [3.63, 3.8) is 0 Å². The SMILES string of the molecule is N#C[C@@H]1CC(F)(F)CN1C(=O)[C@@H]1C[C@@H](CC(=O)N2Cc3cccc(Cn4cc(-c5ccc(C(=O)NCCNC(=O)CCOCCOCCNC(=O)OCC6c7ccccc7-c7ccccc76)cc5)nn4)c3C2)C(=O)N1. The predicted molar refractivity (Wildman–Crippen MR) is 265 cm³/mol. The number of amides is 6. The molecule has 4 N–H and O–H groups in total. The molecule has 1 aromatic heterocycles. The zero-order valence-electron chi connectivity index (χ0n) is 41.0. The zero-order valence-corrected chi connectivity index (χ0v) is 41.0. The van der Waals surface area contributed by atoms with Crippen LogP contribution in [-0.2, 0) is 53.0 Å². The average molecular weight is 1030 g/mol. The van der Waals surface area contributed by atoms with E-state index in [1.165, 1.54) is 0 Å². The van der Waals surface area contributed by atoms with E-state index in [0.717, 1.165) is 49.4 Å². The average Bonchev–Trinajstić information content (AvgIpc) is 4.27. The number of ether oxygens (including phenoxy) is 3. The molecule has 21 heteroatoms. The number of halogens is 2. The maximum atomic E-state index is 14.0. The number of hydrogen-bond acceptors (Lipinski definition) is 12. The molecule has 3 aliphatic heterocycles. The number of rotatable bonds is 21. The van der Waals surface area contributed by atoms with Crippen LogP contribution in [-0.4, -0.2) is 138 Å². The molecule has 1 aliphatic carbocycles. The van der Waals surface area contributed by atoms with Crippen LogP contribution in [0.25, 0.3) is 22.4 Å². The molecule has 6 amide bonds. The van der Waals surface area contributed by atoms with Crippen LogP contribution in [0.4, 0.5) is 13.6 Å². The lowest BCUT2D eigenvalue weighted by Gasteiger charge is -2.22. The molecule has 3 atom stereocenters. The van der Waals surface area contributed by atoms with Crippen molar-refractivity contribution in [1.82, 2.24) is 46.1 Å². The van der Waals surface area contributed by atoms with Gasteiger partial charge in [-0.15, -0.1) is 5.10 Å². The second-order valence-corrected chi connectivity index (χ2v) is 18.9. The van der Waals surface area contributed by atoms with Gasteiger partial charge in [0.25, 0.3) is 11.8 Å². The van der Waals surface area contributed by atoms with E-state index in [-0.39, 0.29) is 95.6 Å². The number of alkyl carbamates (subject to hydrolysis) is 1. The zero-order chi connectivity index (χ0) is 52.5. The third-order valence-corrected chi connectivity index (χ3v) is 13.8. The minimum Gasteiger partial charge on any atom is -0.449 e. The molecule has 4 heterocycles. The summed E-state index contributed by atoms with van der Waals surface area (Å²) in [5.74, 6) is -6.09. The van der Waals surface area contributed by atoms with Crippen LogP contribution in [0, 0.1) is 17.2 Å². The molecule has 5 aromatic rings. The maximum Gasteiger partial charge on any atom is 0.407 e. The largest absolute Gasteiger partial charge is 0.449 e. The minimum atomic E-state index is -3.18. The first-order chi connectivity index (χ1) is 36.3. The quantitative estimate of drug-likeness (QED) is 0.0753. The molecule has 4 aromatic carbocycles. The molecule has 2 fully saturated rings. The number of nitrogens with zero attached hydrogens (tertiary/aromatic N) is 6. The van der Waals surface area contributed by atoms with Gasteiger partial charge in [-0.2, -0.15) is 5.26 Å². The number of aromatic nitrogens is 3. The van der Waals surface area contributed by atoms with E-state index in [4.69, 9.17) is 14.2 Å². The van der Waals surface area contributed by atoms with Gasteiger partial charge in [-0.1, -0.05) is 84.1 Å². The topological polar surface area (TPSA) is 239 Å². The molecule has 0 saturated carbocycles. The number of carbonyl (C=O) groups excluding carboxylic acids is 6. The number of likely N-dealkylation sites (tertiary alicyclic amines) is 1. The van der Waals surface area contributed by atoms with Crippen LogP contribution >= 0.6 is 0 Å². The number of nitriles is 1. The summed E-state index contributed by atoms with van der Waals surface area (Å²) >= 11 is 0. The molecule has 4 aliphatic rings. The summed E-state index contributed by atoms with van der Waals surface area (Å²) in [5, 5.41) is 28.8. The van der Waals surface area contributed by atoms with Crippen LogP contribution in [0.3, 0.4) is 0 Å². The van der Waals surface area contributed by atoms with E-state index in [2.05, 4.69) is 55.8 Å². The van der Waals surface area contributed by atoms with Crippen LogP contribution < -0.4 is 21.3 Å². The Morgan fingerprint density at radius 1 is 0.827 bits per heavy atom. The highest BCUT2D eigenvalue weighted by molar-refractivity contribution is 5.95. The molecule has 390 valence electrons. The lowest BCUT2D eigenvalue weighted by molar-refractivity contribution is -0.135. The van der Waals surface area contributed by atoms with Gasteiger partial charge < -0.3 is 45.3 Å². The van der Waals surface area contributed by atoms with Crippen molar-refractivity contribution in [3.8, 4) is 28.5 Å². The van der Waals surface area contributed by atoms with Crippen molar-refractivity contribution in [2.45, 2.75) is 69.2 Å². The lowest BCUT2D eigenvalue weighted by Crippen LogP contribution is -2.46. The van der Waals surface area contributed by atoms with E-state index in [9.17, 15) is 42.8 Å². The number of alkyl halides is 2. The van der Waals surface area contributed by atoms with E-state index in [1.54, 1.807) is 46.1 Å². The Hall–Kier alpha value is -8.09. The first-order valence-corrected chi connectivity index (χ1v) is 24.9. The summed E-state index contributed by atoms with van der Waals surface area (Å²) in [6.07, 6.45) is 0.463. The van der Waals surface area contributed by atoms with Gasteiger partial charge in [-0.3, -0.25) is 24.0 Å². The van der Waals surface area contributed by atoms with Gasteiger partial charge in [0, 0.05) is 74.9 Å². The fraction of sp³-hybridized carbons (Fsp3) is 0.389. The van der Waals surface area contributed by atoms with Gasteiger partial charge in [-0.05, 0) is 57.5 Å². The summed E-state index contributed by atoms with van der Waals surface area (Å²) in [6.45, 7) is 2.08. The van der Waals surface area contributed by atoms with Crippen molar-refractivity contribution in [1.29, 1.82) is 5.26 Å². The highest BCUT2D eigenvalue weighted by atomic mass is 19.3. The molecule has 2 saturated heterocycles. The summed E-state index contributed by atoms with van der Waals surface area (Å²) in [7, 11) is 0. The molecular weight excluding hydrogens is 971 g/mol. The van der Waals surface area contributed by atoms with Crippen molar-refractivity contribution in [2.75, 3.05) is 59.2 Å². The summed E-state index contributed by atoms with van der Waals surface area (Å²) in [6, 6.07) is 28.3. The minimum absolute atomic E-state index is 0.0171. The Balaban J connectivity index is 0.621. The molecule has 9 rings (SSSR count). The smallest absolute Gasteiger partial charge is 0.407 e. The van der Waals surface area contributed by atoms with E-state index < -0.39 is 54.8 Å². The monoisotopic (exact) mass is 1030 g/mol. The molecule has 75 heavy (non-hydrogen) atoms. The van der Waals surface area contributed by atoms with E-state index in [1.807, 2.05) is 42.5 Å².